The average Bonchev–Trinajstić information content (AvgIpc) is 2.64. The van der Waals surface area contributed by atoms with E-state index < -0.39 is 17.6 Å². The first-order valence-electron chi connectivity index (χ1n) is 8.29. The van der Waals surface area contributed by atoms with E-state index in [2.05, 4.69) is 0 Å². The van der Waals surface area contributed by atoms with Crippen LogP contribution in [0, 0.1) is 0 Å². The number of hydrogen-bond donors (Lipinski definition) is 1. The van der Waals surface area contributed by atoms with Gasteiger partial charge in [0.05, 0.1) is 11.3 Å². The summed E-state index contributed by atoms with van der Waals surface area (Å²) in [7, 11) is 0. The number of rotatable bonds is 6. The molecular weight excluding hydrogens is 383 g/mol. The number of nitrogens with two attached hydrogens (primary N) is 1. The first-order chi connectivity index (χ1) is 12.7. The zero-order valence-electron chi connectivity index (χ0n) is 14.5. The van der Waals surface area contributed by atoms with Gasteiger partial charge in [-0.25, -0.2) is 0 Å². The van der Waals surface area contributed by atoms with Crippen LogP contribution in [-0.4, -0.2) is 65.2 Å². The van der Waals surface area contributed by atoms with Crippen molar-refractivity contribution in [3.05, 3.63) is 35.4 Å². The minimum atomic E-state index is -4.44. The van der Waals surface area contributed by atoms with Crippen LogP contribution >= 0.6 is 11.8 Å². The summed E-state index contributed by atoms with van der Waals surface area (Å²) in [5.74, 6) is -0.181. The number of piperazine rings is 1. The highest BCUT2D eigenvalue weighted by atomic mass is 32.2. The fourth-order valence-electron chi connectivity index (χ4n) is 2.63. The van der Waals surface area contributed by atoms with Gasteiger partial charge in [-0.15, -0.1) is 0 Å². The number of carbonyl (C=O) groups is 3. The number of amides is 3. The van der Waals surface area contributed by atoms with E-state index in [0.717, 1.165) is 12.1 Å². The fraction of sp³-hybridized carbons (Fsp3) is 0.471. The second-order valence-electron chi connectivity index (χ2n) is 6.02. The Labute approximate surface area is 158 Å². The highest BCUT2D eigenvalue weighted by Crippen LogP contribution is 2.29. The molecule has 2 rings (SSSR count). The molecule has 6 nitrogen and oxygen atoms in total. The van der Waals surface area contributed by atoms with E-state index in [4.69, 9.17) is 5.73 Å². The quantitative estimate of drug-likeness (QED) is 0.732. The summed E-state index contributed by atoms with van der Waals surface area (Å²) >= 11 is 1.29. The van der Waals surface area contributed by atoms with Gasteiger partial charge in [0.2, 0.25) is 11.8 Å². The molecule has 1 fully saturated rings. The topological polar surface area (TPSA) is 83.7 Å². The summed E-state index contributed by atoms with van der Waals surface area (Å²) in [4.78, 5) is 38.3. The molecule has 27 heavy (non-hydrogen) atoms. The number of primary amides is 1. The highest BCUT2D eigenvalue weighted by Gasteiger charge is 2.31. The van der Waals surface area contributed by atoms with Crippen LogP contribution in [0.15, 0.2) is 24.3 Å². The second kappa shape index (κ2) is 9.12. The Morgan fingerprint density at radius 1 is 1.00 bits per heavy atom. The van der Waals surface area contributed by atoms with Gasteiger partial charge in [-0.2, -0.15) is 24.9 Å². The SMILES string of the molecule is NC(=O)CSCCC(=O)N1CCN(C(=O)c2ccc(C(F)(F)F)cc2)CC1. The summed E-state index contributed by atoms with van der Waals surface area (Å²) in [5, 5.41) is 0. The van der Waals surface area contributed by atoms with Gasteiger partial charge in [0, 0.05) is 43.9 Å². The summed E-state index contributed by atoms with van der Waals surface area (Å²) in [6, 6.07) is 4.10. The molecule has 1 heterocycles. The van der Waals surface area contributed by atoms with Crippen LogP contribution in [0.3, 0.4) is 0 Å². The van der Waals surface area contributed by atoms with Gasteiger partial charge in [-0.3, -0.25) is 14.4 Å². The Balaban J connectivity index is 1.81. The molecule has 1 aliphatic heterocycles. The molecule has 148 valence electrons. The maximum Gasteiger partial charge on any atom is 0.416 e. The van der Waals surface area contributed by atoms with Crippen molar-refractivity contribution < 1.29 is 27.6 Å². The average molecular weight is 403 g/mol. The zero-order valence-corrected chi connectivity index (χ0v) is 15.3. The van der Waals surface area contributed by atoms with Gasteiger partial charge in [0.1, 0.15) is 0 Å². The monoisotopic (exact) mass is 403 g/mol. The summed E-state index contributed by atoms with van der Waals surface area (Å²) in [5.41, 5.74) is 4.41. The molecule has 0 aliphatic carbocycles. The molecule has 0 unspecified atom stereocenters. The Morgan fingerprint density at radius 2 is 1.56 bits per heavy atom. The molecule has 0 saturated carbocycles. The third-order valence-corrected chi connectivity index (χ3v) is 5.06. The van der Waals surface area contributed by atoms with Crippen molar-refractivity contribution in [1.29, 1.82) is 0 Å². The minimum absolute atomic E-state index is 0.0615. The van der Waals surface area contributed by atoms with Gasteiger partial charge in [-0.1, -0.05) is 0 Å². The third kappa shape index (κ3) is 6.16. The van der Waals surface area contributed by atoms with E-state index in [1.165, 1.54) is 28.8 Å². The number of nitrogens with zero attached hydrogens (tertiary/aromatic N) is 2. The first-order valence-corrected chi connectivity index (χ1v) is 9.44. The molecule has 3 amide bonds. The molecule has 10 heteroatoms. The van der Waals surface area contributed by atoms with Crippen molar-refractivity contribution in [2.45, 2.75) is 12.6 Å². The molecule has 1 aromatic rings. The van der Waals surface area contributed by atoms with Crippen LogP contribution < -0.4 is 5.73 Å². The van der Waals surface area contributed by atoms with Gasteiger partial charge < -0.3 is 15.5 Å². The molecule has 1 saturated heterocycles. The number of hydrogen-bond acceptors (Lipinski definition) is 4. The van der Waals surface area contributed by atoms with Crippen LogP contribution in [0.4, 0.5) is 13.2 Å². The van der Waals surface area contributed by atoms with Crippen molar-refractivity contribution >= 4 is 29.5 Å². The van der Waals surface area contributed by atoms with Crippen molar-refractivity contribution in [2.24, 2.45) is 5.73 Å². The lowest BCUT2D eigenvalue weighted by molar-refractivity contribution is -0.137. The Bertz CT molecular complexity index is 687. The van der Waals surface area contributed by atoms with Crippen molar-refractivity contribution in [1.82, 2.24) is 9.80 Å². The summed E-state index contributed by atoms with van der Waals surface area (Å²) in [6.45, 7) is 1.37. The summed E-state index contributed by atoms with van der Waals surface area (Å²) < 4.78 is 37.8. The summed E-state index contributed by atoms with van der Waals surface area (Å²) in [6.07, 6.45) is -4.16. The van der Waals surface area contributed by atoms with E-state index in [9.17, 15) is 27.6 Å². The minimum Gasteiger partial charge on any atom is -0.369 e. The predicted molar refractivity (Wildman–Crippen MR) is 95.1 cm³/mol. The number of halogens is 3. The van der Waals surface area contributed by atoms with Crippen molar-refractivity contribution in [2.75, 3.05) is 37.7 Å². The fourth-order valence-corrected chi connectivity index (χ4v) is 3.30. The van der Waals surface area contributed by atoms with Gasteiger partial charge in [-0.05, 0) is 24.3 Å². The van der Waals surface area contributed by atoms with E-state index in [-0.39, 0.29) is 29.6 Å². The smallest absolute Gasteiger partial charge is 0.369 e. The molecule has 0 atom stereocenters. The largest absolute Gasteiger partial charge is 0.416 e. The molecular formula is C17H20F3N3O3S. The standard InChI is InChI=1S/C17H20F3N3O3S/c18-17(19,20)13-3-1-12(2-4-13)16(26)23-8-6-22(7-9-23)15(25)5-10-27-11-14(21)24/h1-4H,5-11H2,(H2,21,24). The third-order valence-electron chi connectivity index (χ3n) is 4.08. The molecule has 0 radical (unpaired) electrons. The lowest BCUT2D eigenvalue weighted by atomic mass is 10.1. The number of thioether (sulfide) groups is 1. The van der Waals surface area contributed by atoms with Crippen LogP contribution in [0.1, 0.15) is 22.3 Å². The molecule has 1 aliphatic rings. The van der Waals surface area contributed by atoms with Crippen molar-refractivity contribution in [3.63, 3.8) is 0 Å². The number of benzene rings is 1. The van der Waals surface area contributed by atoms with E-state index >= 15 is 0 Å². The Morgan fingerprint density at radius 3 is 2.07 bits per heavy atom. The molecule has 2 N–H and O–H groups in total. The van der Waals surface area contributed by atoms with E-state index in [1.54, 1.807) is 4.90 Å². The first kappa shape index (κ1) is 21.1. The number of alkyl halides is 3. The van der Waals surface area contributed by atoms with Crippen LogP contribution in [-0.2, 0) is 15.8 Å². The molecule has 0 spiro atoms. The number of carbonyl (C=O) groups excluding carboxylic acids is 3. The zero-order chi connectivity index (χ0) is 20.0. The van der Waals surface area contributed by atoms with Crippen LogP contribution in [0.5, 0.6) is 0 Å². The predicted octanol–water partition coefficient (Wildman–Crippen LogP) is 1.60. The van der Waals surface area contributed by atoms with Gasteiger partial charge in [0.25, 0.3) is 5.91 Å². The van der Waals surface area contributed by atoms with E-state index in [0.29, 0.717) is 31.9 Å². The lowest BCUT2D eigenvalue weighted by Crippen LogP contribution is -2.50. The molecule has 1 aromatic carbocycles. The van der Waals surface area contributed by atoms with Gasteiger partial charge >= 0.3 is 6.18 Å². The van der Waals surface area contributed by atoms with Crippen LogP contribution in [0.2, 0.25) is 0 Å². The van der Waals surface area contributed by atoms with Crippen molar-refractivity contribution in [3.8, 4) is 0 Å². The van der Waals surface area contributed by atoms with Crippen LogP contribution in [0.25, 0.3) is 0 Å². The Hall–Kier alpha value is -2.23. The molecule has 0 aromatic heterocycles. The maximum atomic E-state index is 12.6. The second-order valence-corrected chi connectivity index (χ2v) is 7.12. The lowest BCUT2D eigenvalue weighted by Gasteiger charge is -2.35. The highest BCUT2D eigenvalue weighted by molar-refractivity contribution is 7.99. The Kier molecular flexibility index (Phi) is 7.11. The molecule has 0 bridgehead atoms. The van der Waals surface area contributed by atoms with E-state index in [1.807, 2.05) is 0 Å². The maximum absolute atomic E-state index is 12.6. The van der Waals surface area contributed by atoms with Gasteiger partial charge in [0.15, 0.2) is 0 Å². The normalized spacial score (nSPS) is 14.9.